The molecule has 0 amide bonds. The molecule has 0 aliphatic carbocycles. The van der Waals surface area contributed by atoms with E-state index in [-0.39, 0.29) is 5.43 Å². The van der Waals surface area contributed by atoms with Crippen LogP contribution < -0.4 is 5.43 Å². The van der Waals surface area contributed by atoms with Gasteiger partial charge in [0.25, 0.3) is 0 Å². The van der Waals surface area contributed by atoms with Gasteiger partial charge in [0.15, 0.2) is 0 Å². The third kappa shape index (κ3) is 1.83. The van der Waals surface area contributed by atoms with Crippen molar-refractivity contribution in [3.63, 3.8) is 0 Å². The first-order valence-corrected chi connectivity index (χ1v) is 7.22. The highest BCUT2D eigenvalue weighted by atomic mass is 16.1. The zero-order valence-corrected chi connectivity index (χ0v) is 12.2. The van der Waals surface area contributed by atoms with Gasteiger partial charge in [-0.05, 0) is 23.9 Å². The highest BCUT2D eigenvalue weighted by molar-refractivity contribution is 6.02. The summed E-state index contributed by atoms with van der Waals surface area (Å²) in [5.74, 6) is 0. The standard InChI is InChI=1S/C19H14N2O/c1-13-19(22)17(15-8-3-2-4-9-15)18-16-10-6-5-7-14(16)11-12-21(18)20-13/h2-12H,1H3. The Morgan fingerprint density at radius 3 is 2.45 bits per heavy atom. The lowest BCUT2D eigenvalue weighted by Crippen LogP contribution is -2.15. The summed E-state index contributed by atoms with van der Waals surface area (Å²) in [5, 5.41) is 6.55. The summed E-state index contributed by atoms with van der Waals surface area (Å²) in [6.45, 7) is 1.76. The van der Waals surface area contributed by atoms with E-state index in [1.165, 1.54) is 0 Å². The number of hydrogen-bond donors (Lipinski definition) is 0. The average Bonchev–Trinajstić information content (AvgIpc) is 2.57. The minimum absolute atomic E-state index is 0.0115. The molecule has 2 heterocycles. The van der Waals surface area contributed by atoms with Gasteiger partial charge in [-0.3, -0.25) is 4.79 Å². The molecule has 22 heavy (non-hydrogen) atoms. The second kappa shape index (κ2) is 4.81. The smallest absolute Gasteiger partial charge is 0.211 e. The van der Waals surface area contributed by atoms with Gasteiger partial charge in [-0.15, -0.1) is 0 Å². The summed E-state index contributed by atoms with van der Waals surface area (Å²) in [6, 6.07) is 19.9. The fraction of sp³-hybridized carbons (Fsp3) is 0.0526. The Labute approximate surface area is 127 Å². The van der Waals surface area contributed by atoms with E-state index in [2.05, 4.69) is 11.2 Å². The maximum atomic E-state index is 12.8. The molecule has 0 bridgehead atoms. The molecule has 0 fully saturated rings. The highest BCUT2D eigenvalue weighted by Crippen LogP contribution is 2.27. The molecule has 0 aliphatic rings. The summed E-state index contributed by atoms with van der Waals surface area (Å²) >= 11 is 0. The van der Waals surface area contributed by atoms with Crippen molar-refractivity contribution in [3.05, 3.63) is 82.8 Å². The molecule has 0 unspecified atom stereocenters. The van der Waals surface area contributed by atoms with Crippen molar-refractivity contribution < 1.29 is 0 Å². The largest absolute Gasteiger partial charge is 0.287 e. The molecule has 0 atom stereocenters. The number of aromatic nitrogens is 2. The molecule has 0 N–H and O–H groups in total. The zero-order chi connectivity index (χ0) is 15.1. The van der Waals surface area contributed by atoms with Crippen molar-refractivity contribution in [1.82, 2.24) is 9.61 Å². The van der Waals surface area contributed by atoms with E-state index in [4.69, 9.17) is 0 Å². The maximum Gasteiger partial charge on any atom is 0.211 e. The van der Waals surface area contributed by atoms with Crippen LogP contribution in [-0.2, 0) is 0 Å². The molecule has 2 aromatic heterocycles. The quantitative estimate of drug-likeness (QED) is 0.498. The third-order valence-electron chi connectivity index (χ3n) is 3.95. The van der Waals surface area contributed by atoms with E-state index in [9.17, 15) is 4.79 Å². The normalized spacial score (nSPS) is 11.1. The zero-order valence-electron chi connectivity index (χ0n) is 12.2. The predicted molar refractivity (Wildman–Crippen MR) is 89.1 cm³/mol. The molecular weight excluding hydrogens is 272 g/mol. The van der Waals surface area contributed by atoms with Gasteiger partial charge in [-0.1, -0.05) is 54.6 Å². The van der Waals surface area contributed by atoms with Crippen molar-refractivity contribution in [2.24, 2.45) is 0 Å². The number of benzene rings is 2. The fourth-order valence-corrected chi connectivity index (χ4v) is 2.91. The van der Waals surface area contributed by atoms with Gasteiger partial charge >= 0.3 is 0 Å². The second-order valence-electron chi connectivity index (χ2n) is 5.35. The summed E-state index contributed by atoms with van der Waals surface area (Å²) in [4.78, 5) is 12.8. The van der Waals surface area contributed by atoms with Crippen LogP contribution >= 0.6 is 0 Å². The first-order valence-electron chi connectivity index (χ1n) is 7.22. The van der Waals surface area contributed by atoms with Gasteiger partial charge in [0.2, 0.25) is 5.43 Å². The summed E-state index contributed by atoms with van der Waals surface area (Å²) < 4.78 is 1.81. The molecule has 4 rings (SSSR count). The molecular formula is C19H14N2O. The topological polar surface area (TPSA) is 34.4 Å². The molecule has 0 spiro atoms. The van der Waals surface area contributed by atoms with Gasteiger partial charge in [0.1, 0.15) is 5.69 Å². The summed E-state index contributed by atoms with van der Waals surface area (Å²) in [5.41, 5.74) is 2.99. The van der Waals surface area contributed by atoms with Crippen LogP contribution in [0.2, 0.25) is 0 Å². The minimum Gasteiger partial charge on any atom is -0.287 e. The number of pyridine rings is 1. The van der Waals surface area contributed by atoms with Crippen molar-refractivity contribution in [3.8, 4) is 11.1 Å². The Bertz CT molecular complexity index is 1050. The van der Waals surface area contributed by atoms with Crippen LogP contribution in [-0.4, -0.2) is 9.61 Å². The lowest BCUT2D eigenvalue weighted by atomic mass is 10.0. The molecule has 0 saturated carbocycles. The molecule has 4 aromatic rings. The predicted octanol–water partition coefficient (Wildman–Crippen LogP) is 3.82. The Hall–Kier alpha value is -2.94. The van der Waals surface area contributed by atoms with Crippen LogP contribution in [0.1, 0.15) is 5.69 Å². The highest BCUT2D eigenvalue weighted by Gasteiger charge is 2.14. The maximum absolute atomic E-state index is 12.8. The van der Waals surface area contributed by atoms with E-state index in [0.717, 1.165) is 21.9 Å². The van der Waals surface area contributed by atoms with E-state index >= 15 is 0 Å². The molecule has 2 aromatic carbocycles. The van der Waals surface area contributed by atoms with Gasteiger partial charge in [0, 0.05) is 11.6 Å². The molecule has 0 radical (unpaired) electrons. The molecule has 0 aliphatic heterocycles. The third-order valence-corrected chi connectivity index (χ3v) is 3.95. The van der Waals surface area contributed by atoms with Gasteiger partial charge in [-0.25, -0.2) is 4.52 Å². The Balaban J connectivity index is 2.29. The van der Waals surface area contributed by atoms with Crippen molar-refractivity contribution >= 4 is 16.3 Å². The number of hydrogen-bond acceptors (Lipinski definition) is 2. The van der Waals surface area contributed by atoms with E-state index in [1.54, 1.807) is 11.4 Å². The molecule has 3 heteroatoms. The van der Waals surface area contributed by atoms with Crippen LogP contribution in [0.15, 0.2) is 71.7 Å². The summed E-state index contributed by atoms with van der Waals surface area (Å²) in [6.07, 6.45) is 1.91. The van der Waals surface area contributed by atoms with Crippen molar-refractivity contribution in [1.29, 1.82) is 0 Å². The number of nitrogens with zero attached hydrogens (tertiary/aromatic N) is 2. The van der Waals surface area contributed by atoms with Crippen LogP contribution in [0.25, 0.3) is 27.4 Å². The Kier molecular flexibility index (Phi) is 2.79. The van der Waals surface area contributed by atoms with Crippen LogP contribution in [0.3, 0.4) is 0 Å². The minimum atomic E-state index is -0.0115. The molecule has 106 valence electrons. The van der Waals surface area contributed by atoms with E-state index in [0.29, 0.717) is 11.3 Å². The van der Waals surface area contributed by atoms with Gasteiger partial charge in [0.05, 0.1) is 11.1 Å². The lowest BCUT2D eigenvalue weighted by Gasteiger charge is -2.11. The van der Waals surface area contributed by atoms with Crippen LogP contribution in [0.4, 0.5) is 0 Å². The van der Waals surface area contributed by atoms with Gasteiger partial charge < -0.3 is 0 Å². The number of fused-ring (bicyclic) bond motifs is 3. The van der Waals surface area contributed by atoms with Crippen molar-refractivity contribution in [2.75, 3.05) is 0 Å². The average molecular weight is 286 g/mol. The first-order chi connectivity index (χ1) is 10.8. The number of aryl methyl sites for hydroxylation is 1. The summed E-state index contributed by atoms with van der Waals surface area (Å²) in [7, 11) is 0. The number of rotatable bonds is 1. The second-order valence-corrected chi connectivity index (χ2v) is 5.35. The van der Waals surface area contributed by atoms with Crippen molar-refractivity contribution in [2.45, 2.75) is 6.92 Å². The van der Waals surface area contributed by atoms with Crippen LogP contribution in [0, 0.1) is 6.92 Å². The monoisotopic (exact) mass is 286 g/mol. The Morgan fingerprint density at radius 2 is 1.64 bits per heavy atom. The fourth-order valence-electron chi connectivity index (χ4n) is 2.91. The van der Waals surface area contributed by atoms with E-state index < -0.39 is 0 Å². The van der Waals surface area contributed by atoms with Crippen LogP contribution in [0.5, 0.6) is 0 Å². The molecule has 0 saturated heterocycles. The van der Waals surface area contributed by atoms with Gasteiger partial charge in [-0.2, -0.15) is 5.10 Å². The SMILES string of the molecule is Cc1nn2ccc3ccccc3c2c(-c2ccccc2)c1=O. The lowest BCUT2D eigenvalue weighted by molar-refractivity contribution is 0.889. The Morgan fingerprint density at radius 1 is 0.909 bits per heavy atom. The molecule has 3 nitrogen and oxygen atoms in total. The van der Waals surface area contributed by atoms with E-state index in [1.807, 2.05) is 60.8 Å². The first kappa shape index (κ1) is 12.8.